The fourth-order valence-corrected chi connectivity index (χ4v) is 2.19. The Hall–Kier alpha value is -1.64. The van der Waals surface area contributed by atoms with Gasteiger partial charge in [-0.05, 0) is 37.1 Å². The zero-order chi connectivity index (χ0) is 12.3. The topological polar surface area (TPSA) is 15.7 Å². The molecule has 1 saturated heterocycles. The second-order valence-corrected chi connectivity index (χ2v) is 4.54. The van der Waals surface area contributed by atoms with Crippen LogP contribution in [-0.2, 0) is 0 Å². The highest BCUT2D eigenvalue weighted by molar-refractivity contribution is 5.55. The van der Waals surface area contributed by atoms with Crippen molar-refractivity contribution < 1.29 is 4.74 Å². The van der Waals surface area contributed by atoms with Crippen molar-refractivity contribution in [2.45, 2.75) is 12.8 Å². The van der Waals surface area contributed by atoms with Gasteiger partial charge in [-0.3, -0.25) is 0 Å². The van der Waals surface area contributed by atoms with Gasteiger partial charge in [0.25, 0.3) is 0 Å². The Bertz CT molecular complexity index is 395. The molecule has 0 aromatic heterocycles. The van der Waals surface area contributed by atoms with Crippen molar-refractivity contribution in [3.8, 4) is 5.75 Å². The lowest BCUT2D eigenvalue weighted by Crippen LogP contribution is -2.18. The van der Waals surface area contributed by atoms with Gasteiger partial charge in [0.2, 0.25) is 0 Å². The molecule has 2 rings (SSSR count). The average Bonchev–Trinajstić information content (AvgIpc) is 2.76. The number of ether oxygens (including phenoxy) is 1. The van der Waals surface area contributed by atoms with E-state index in [2.05, 4.69) is 42.2 Å². The van der Waals surface area contributed by atoms with Crippen LogP contribution < -0.4 is 9.64 Å². The van der Waals surface area contributed by atoms with Gasteiger partial charge in [-0.1, -0.05) is 0 Å². The molecule has 0 saturated carbocycles. The van der Waals surface area contributed by atoms with Crippen LogP contribution in [0.2, 0.25) is 0 Å². The third-order valence-corrected chi connectivity index (χ3v) is 2.95. The van der Waals surface area contributed by atoms with E-state index >= 15 is 0 Å². The standard InChI is InChI=1S/C14H20N2O/c1-15(2)11-13-5-4-10-16(13)12-6-8-14(17-3)9-7-12/h6-9,11H,4-5,10H2,1-3H3. The summed E-state index contributed by atoms with van der Waals surface area (Å²) in [6, 6.07) is 8.27. The zero-order valence-corrected chi connectivity index (χ0v) is 10.8. The molecule has 92 valence electrons. The van der Waals surface area contributed by atoms with E-state index in [4.69, 9.17) is 4.74 Å². The summed E-state index contributed by atoms with van der Waals surface area (Å²) in [7, 11) is 5.83. The Kier molecular flexibility index (Phi) is 3.57. The lowest BCUT2D eigenvalue weighted by atomic mass is 10.2. The molecule has 0 unspecified atom stereocenters. The van der Waals surface area contributed by atoms with Gasteiger partial charge in [0.05, 0.1) is 7.11 Å². The molecule has 1 heterocycles. The van der Waals surface area contributed by atoms with E-state index in [0.29, 0.717) is 0 Å². The largest absolute Gasteiger partial charge is 0.497 e. The van der Waals surface area contributed by atoms with E-state index in [1.807, 2.05) is 12.1 Å². The molecule has 0 N–H and O–H groups in total. The quantitative estimate of drug-likeness (QED) is 0.797. The van der Waals surface area contributed by atoms with E-state index in [0.717, 1.165) is 18.7 Å². The van der Waals surface area contributed by atoms with Crippen LogP contribution >= 0.6 is 0 Å². The monoisotopic (exact) mass is 232 g/mol. The Labute approximate surface area is 103 Å². The molecule has 3 nitrogen and oxygen atoms in total. The summed E-state index contributed by atoms with van der Waals surface area (Å²) in [5.41, 5.74) is 2.64. The van der Waals surface area contributed by atoms with Crippen LogP contribution in [-0.4, -0.2) is 32.6 Å². The van der Waals surface area contributed by atoms with E-state index in [1.54, 1.807) is 7.11 Å². The first-order valence-electron chi connectivity index (χ1n) is 5.99. The molecular weight excluding hydrogens is 212 g/mol. The van der Waals surface area contributed by atoms with Crippen LogP contribution in [0.15, 0.2) is 36.2 Å². The van der Waals surface area contributed by atoms with Crippen molar-refractivity contribution in [2.24, 2.45) is 0 Å². The molecule has 1 aromatic rings. The van der Waals surface area contributed by atoms with Crippen LogP contribution in [0.3, 0.4) is 0 Å². The first-order chi connectivity index (χ1) is 8.20. The molecule has 1 fully saturated rings. The Morgan fingerprint density at radius 3 is 2.53 bits per heavy atom. The maximum Gasteiger partial charge on any atom is 0.119 e. The molecular formula is C14H20N2O. The van der Waals surface area contributed by atoms with Crippen LogP contribution in [0.4, 0.5) is 5.69 Å². The van der Waals surface area contributed by atoms with Crippen molar-refractivity contribution in [3.63, 3.8) is 0 Å². The Balaban J connectivity index is 2.20. The smallest absolute Gasteiger partial charge is 0.119 e. The Morgan fingerprint density at radius 2 is 1.94 bits per heavy atom. The fourth-order valence-electron chi connectivity index (χ4n) is 2.19. The lowest BCUT2D eigenvalue weighted by molar-refractivity contribution is 0.415. The minimum Gasteiger partial charge on any atom is -0.497 e. The number of allylic oxidation sites excluding steroid dienone is 1. The SMILES string of the molecule is COc1ccc(N2CCCC2=CN(C)C)cc1. The normalized spacial score (nSPS) is 17.6. The van der Waals surface area contributed by atoms with Gasteiger partial charge in [-0.15, -0.1) is 0 Å². The first-order valence-corrected chi connectivity index (χ1v) is 5.99. The fraction of sp³-hybridized carbons (Fsp3) is 0.429. The molecule has 0 radical (unpaired) electrons. The minimum absolute atomic E-state index is 0.908. The van der Waals surface area contributed by atoms with Crippen molar-refractivity contribution >= 4 is 5.69 Å². The third kappa shape index (κ3) is 2.73. The summed E-state index contributed by atoms with van der Waals surface area (Å²) in [6.07, 6.45) is 4.59. The van der Waals surface area contributed by atoms with Crippen molar-refractivity contribution in [1.29, 1.82) is 0 Å². The highest BCUT2D eigenvalue weighted by atomic mass is 16.5. The number of hydrogen-bond acceptors (Lipinski definition) is 3. The number of methoxy groups -OCH3 is 1. The minimum atomic E-state index is 0.908. The maximum atomic E-state index is 5.18. The van der Waals surface area contributed by atoms with E-state index in [1.165, 1.54) is 17.8 Å². The predicted octanol–water partition coefficient (Wildman–Crippen LogP) is 2.70. The summed E-state index contributed by atoms with van der Waals surface area (Å²) in [4.78, 5) is 4.48. The summed E-state index contributed by atoms with van der Waals surface area (Å²) >= 11 is 0. The van der Waals surface area contributed by atoms with Gasteiger partial charge in [0.1, 0.15) is 5.75 Å². The number of hydrogen-bond donors (Lipinski definition) is 0. The summed E-state index contributed by atoms with van der Waals surface area (Å²) < 4.78 is 5.18. The van der Waals surface area contributed by atoms with Gasteiger partial charge >= 0.3 is 0 Å². The molecule has 0 amide bonds. The number of anilines is 1. The highest BCUT2D eigenvalue weighted by Crippen LogP contribution is 2.29. The van der Waals surface area contributed by atoms with Crippen LogP contribution in [0.1, 0.15) is 12.8 Å². The van der Waals surface area contributed by atoms with Crippen LogP contribution in [0.5, 0.6) is 5.75 Å². The molecule has 0 atom stereocenters. The molecule has 0 aliphatic carbocycles. The van der Waals surface area contributed by atoms with Crippen LogP contribution in [0.25, 0.3) is 0 Å². The second-order valence-electron chi connectivity index (χ2n) is 4.54. The van der Waals surface area contributed by atoms with E-state index in [-0.39, 0.29) is 0 Å². The van der Waals surface area contributed by atoms with Gasteiger partial charge < -0.3 is 14.5 Å². The predicted molar refractivity (Wildman–Crippen MR) is 71.3 cm³/mol. The molecule has 1 aliphatic rings. The molecule has 3 heteroatoms. The number of benzene rings is 1. The molecule has 0 spiro atoms. The second kappa shape index (κ2) is 5.13. The molecule has 1 aromatic carbocycles. The summed E-state index contributed by atoms with van der Waals surface area (Å²) in [5, 5.41) is 0. The summed E-state index contributed by atoms with van der Waals surface area (Å²) in [6.45, 7) is 1.10. The zero-order valence-electron chi connectivity index (χ0n) is 10.8. The van der Waals surface area contributed by atoms with Crippen molar-refractivity contribution in [3.05, 3.63) is 36.2 Å². The van der Waals surface area contributed by atoms with Gasteiger partial charge in [0.15, 0.2) is 0 Å². The molecule has 17 heavy (non-hydrogen) atoms. The average molecular weight is 232 g/mol. The highest BCUT2D eigenvalue weighted by Gasteiger charge is 2.18. The van der Waals surface area contributed by atoms with Crippen LogP contribution in [0, 0.1) is 0 Å². The maximum absolute atomic E-state index is 5.18. The third-order valence-electron chi connectivity index (χ3n) is 2.95. The molecule has 0 bridgehead atoms. The summed E-state index contributed by atoms with van der Waals surface area (Å²) in [5.74, 6) is 0.908. The van der Waals surface area contributed by atoms with Crippen molar-refractivity contribution in [2.75, 3.05) is 32.6 Å². The lowest BCUT2D eigenvalue weighted by Gasteiger charge is -2.21. The van der Waals surface area contributed by atoms with Gasteiger partial charge in [-0.25, -0.2) is 0 Å². The van der Waals surface area contributed by atoms with E-state index in [9.17, 15) is 0 Å². The van der Waals surface area contributed by atoms with Gasteiger partial charge in [0, 0.05) is 38.2 Å². The van der Waals surface area contributed by atoms with Crippen molar-refractivity contribution in [1.82, 2.24) is 4.90 Å². The van der Waals surface area contributed by atoms with Gasteiger partial charge in [-0.2, -0.15) is 0 Å². The van der Waals surface area contributed by atoms with E-state index < -0.39 is 0 Å². The Morgan fingerprint density at radius 1 is 1.24 bits per heavy atom. The first kappa shape index (κ1) is 11.8. The number of rotatable bonds is 3. The number of nitrogens with zero attached hydrogens (tertiary/aromatic N) is 2. The molecule has 1 aliphatic heterocycles.